The molecule has 180 valence electrons. The maximum atomic E-state index is 13.3. The van der Waals surface area contributed by atoms with E-state index in [-0.39, 0.29) is 30.7 Å². The van der Waals surface area contributed by atoms with Crippen LogP contribution in [0.5, 0.6) is 0 Å². The van der Waals surface area contributed by atoms with Gasteiger partial charge in [-0.05, 0) is 37.1 Å². The molecule has 0 bridgehead atoms. The largest absolute Gasteiger partial charge is 0.348 e. The van der Waals surface area contributed by atoms with E-state index in [0.29, 0.717) is 27.0 Å². The molecule has 0 unspecified atom stereocenters. The summed E-state index contributed by atoms with van der Waals surface area (Å²) in [5.74, 6) is -0.303. The summed E-state index contributed by atoms with van der Waals surface area (Å²) in [4.78, 5) is 13.3. The molecule has 4 rings (SSSR count). The summed E-state index contributed by atoms with van der Waals surface area (Å²) in [6, 6.07) is 14.4. The Morgan fingerprint density at radius 2 is 1.79 bits per heavy atom. The van der Waals surface area contributed by atoms with Gasteiger partial charge in [0.1, 0.15) is 0 Å². The summed E-state index contributed by atoms with van der Waals surface area (Å²) in [5.41, 5.74) is 2.76. The Bertz CT molecular complexity index is 1280. The van der Waals surface area contributed by atoms with E-state index in [9.17, 15) is 13.2 Å². The Kier molecular flexibility index (Phi) is 7.62. The first-order valence-corrected chi connectivity index (χ1v) is 13.6. The van der Waals surface area contributed by atoms with E-state index in [4.69, 9.17) is 27.4 Å². The van der Waals surface area contributed by atoms with Crippen LogP contribution in [0.25, 0.3) is 16.9 Å². The van der Waals surface area contributed by atoms with Crippen LogP contribution in [-0.4, -0.2) is 43.0 Å². The molecular formula is C24H25Cl2N3O4S. The van der Waals surface area contributed by atoms with Gasteiger partial charge in [-0.2, -0.15) is 13.5 Å². The van der Waals surface area contributed by atoms with Gasteiger partial charge >= 0.3 is 0 Å². The fourth-order valence-corrected chi connectivity index (χ4v) is 4.92. The molecule has 1 saturated carbocycles. The highest BCUT2D eigenvalue weighted by Gasteiger charge is 2.28. The van der Waals surface area contributed by atoms with Crippen LogP contribution in [0, 0.1) is 0 Å². The van der Waals surface area contributed by atoms with E-state index < -0.39 is 10.1 Å². The van der Waals surface area contributed by atoms with E-state index in [1.54, 1.807) is 22.9 Å². The number of nitrogens with one attached hydrogen (secondary N) is 1. The lowest BCUT2D eigenvalue weighted by Gasteiger charge is -2.12. The Morgan fingerprint density at radius 3 is 2.44 bits per heavy atom. The topological polar surface area (TPSA) is 90.3 Å². The number of para-hydroxylation sites is 1. The Labute approximate surface area is 209 Å². The molecule has 0 aliphatic heterocycles. The zero-order valence-electron chi connectivity index (χ0n) is 18.6. The lowest BCUT2D eigenvalue weighted by molar-refractivity contribution is 0.0931. The highest BCUT2D eigenvalue weighted by atomic mass is 35.5. The van der Waals surface area contributed by atoms with Gasteiger partial charge in [-0.25, -0.2) is 4.68 Å². The van der Waals surface area contributed by atoms with Crippen molar-refractivity contribution < 1.29 is 17.4 Å². The van der Waals surface area contributed by atoms with Gasteiger partial charge < -0.3 is 5.32 Å². The van der Waals surface area contributed by atoms with Gasteiger partial charge in [-0.3, -0.25) is 8.98 Å². The molecular weight excluding hydrogens is 497 g/mol. The second kappa shape index (κ2) is 10.5. The average Bonchev–Trinajstić information content (AvgIpc) is 3.42. The number of benzene rings is 2. The van der Waals surface area contributed by atoms with Crippen molar-refractivity contribution in [3.63, 3.8) is 0 Å². The molecule has 10 heteroatoms. The second-order valence-corrected chi connectivity index (χ2v) is 10.8. The van der Waals surface area contributed by atoms with Crippen molar-refractivity contribution >= 4 is 39.2 Å². The number of hydrogen-bond donors (Lipinski definition) is 1. The molecule has 0 radical (unpaired) electrons. The molecule has 1 aliphatic rings. The maximum absolute atomic E-state index is 13.3. The first-order valence-electron chi connectivity index (χ1n) is 11.0. The van der Waals surface area contributed by atoms with Crippen LogP contribution in [0.4, 0.5) is 0 Å². The number of amides is 1. The van der Waals surface area contributed by atoms with Crippen molar-refractivity contribution in [2.45, 2.75) is 38.1 Å². The van der Waals surface area contributed by atoms with Gasteiger partial charge in [-0.15, -0.1) is 0 Å². The summed E-state index contributed by atoms with van der Waals surface area (Å²) in [6.45, 7) is -0.128. The van der Waals surface area contributed by atoms with Crippen molar-refractivity contribution in [2.24, 2.45) is 0 Å². The van der Waals surface area contributed by atoms with Crippen LogP contribution in [0.1, 0.15) is 41.7 Å². The van der Waals surface area contributed by atoms with Crippen LogP contribution in [0.15, 0.2) is 48.5 Å². The molecule has 1 fully saturated rings. The first kappa shape index (κ1) is 24.7. The quantitative estimate of drug-likeness (QED) is 0.419. The van der Waals surface area contributed by atoms with E-state index >= 15 is 0 Å². The lowest BCUT2D eigenvalue weighted by atomic mass is 10.0. The summed E-state index contributed by atoms with van der Waals surface area (Å²) in [6.07, 6.45) is 5.14. The van der Waals surface area contributed by atoms with Gasteiger partial charge in [0.05, 0.1) is 29.3 Å². The number of nitrogens with zero attached hydrogens (tertiary/aromatic N) is 2. The number of rotatable bonds is 8. The minimum atomic E-state index is -3.65. The normalized spacial score (nSPS) is 14.4. The molecule has 0 spiro atoms. The number of aromatic nitrogens is 2. The predicted molar refractivity (Wildman–Crippen MR) is 133 cm³/mol. The van der Waals surface area contributed by atoms with Crippen LogP contribution in [0.3, 0.4) is 0 Å². The third kappa shape index (κ3) is 5.81. The predicted octanol–water partition coefficient (Wildman–Crippen LogP) is 5.04. The number of carbonyl (C=O) groups is 1. The Morgan fingerprint density at radius 1 is 1.12 bits per heavy atom. The highest BCUT2D eigenvalue weighted by Crippen LogP contribution is 2.33. The van der Waals surface area contributed by atoms with Crippen molar-refractivity contribution in [1.82, 2.24) is 15.1 Å². The van der Waals surface area contributed by atoms with E-state index in [1.165, 1.54) is 0 Å². The van der Waals surface area contributed by atoms with Crippen molar-refractivity contribution in [3.8, 4) is 16.9 Å². The van der Waals surface area contributed by atoms with Crippen molar-refractivity contribution in [2.75, 3.05) is 12.9 Å². The van der Waals surface area contributed by atoms with Crippen LogP contribution in [0.2, 0.25) is 10.0 Å². The molecule has 0 saturated heterocycles. The molecule has 3 aromatic rings. The summed E-state index contributed by atoms with van der Waals surface area (Å²) in [7, 11) is -3.65. The van der Waals surface area contributed by atoms with Crippen LogP contribution >= 0.6 is 23.2 Å². The second-order valence-electron chi connectivity index (χ2n) is 8.28. The summed E-state index contributed by atoms with van der Waals surface area (Å²) >= 11 is 12.6. The fraction of sp³-hybridized carbons (Fsp3) is 0.333. The fourth-order valence-electron chi connectivity index (χ4n) is 4.19. The molecule has 1 heterocycles. The summed E-state index contributed by atoms with van der Waals surface area (Å²) in [5, 5.41) is 8.78. The van der Waals surface area contributed by atoms with Gasteiger partial charge in [0.25, 0.3) is 16.0 Å². The Balaban J connectivity index is 1.86. The molecule has 7 nitrogen and oxygen atoms in total. The van der Waals surface area contributed by atoms with Gasteiger partial charge in [0.2, 0.25) is 0 Å². The lowest BCUT2D eigenvalue weighted by Crippen LogP contribution is -2.33. The highest BCUT2D eigenvalue weighted by molar-refractivity contribution is 7.85. The van der Waals surface area contributed by atoms with Gasteiger partial charge in [-0.1, -0.05) is 60.3 Å². The summed E-state index contributed by atoms with van der Waals surface area (Å²) < 4.78 is 29.8. The van der Waals surface area contributed by atoms with Crippen molar-refractivity contribution in [3.05, 3.63) is 69.8 Å². The SMILES string of the molecule is CS(=O)(=O)OCCc1c(C(=O)NC2CCCC2)nn(-c2ccccc2Cl)c1-c1ccc(Cl)cc1. The standard InChI is InChI=1S/C24H25Cl2N3O4S/c1-34(31,32)33-15-14-19-22(24(30)27-18-6-2-3-7-18)28-29(21-9-5-4-8-20(21)26)23(19)16-10-12-17(25)13-11-16/h4-5,8-13,18H,2-3,6-7,14-15H2,1H3,(H,27,30). The molecule has 1 aromatic heterocycles. The smallest absolute Gasteiger partial charge is 0.272 e. The third-order valence-electron chi connectivity index (χ3n) is 5.74. The van der Waals surface area contributed by atoms with Gasteiger partial charge in [0, 0.05) is 28.6 Å². The average molecular weight is 522 g/mol. The monoisotopic (exact) mass is 521 g/mol. The molecule has 1 aliphatic carbocycles. The third-order valence-corrected chi connectivity index (χ3v) is 6.90. The van der Waals surface area contributed by atoms with Crippen molar-refractivity contribution in [1.29, 1.82) is 0 Å². The minimum absolute atomic E-state index is 0.0945. The Hall–Kier alpha value is -2.39. The maximum Gasteiger partial charge on any atom is 0.272 e. The first-order chi connectivity index (χ1) is 16.2. The zero-order chi connectivity index (χ0) is 24.3. The number of halogens is 2. The van der Waals surface area contributed by atoms with Gasteiger partial charge in [0.15, 0.2) is 5.69 Å². The molecule has 1 amide bonds. The molecule has 2 aromatic carbocycles. The number of carbonyl (C=O) groups excluding carboxylic acids is 1. The number of hydrogen-bond acceptors (Lipinski definition) is 5. The van der Waals surface area contributed by atoms with E-state index in [1.807, 2.05) is 30.3 Å². The van der Waals surface area contributed by atoms with Crippen LogP contribution < -0.4 is 5.32 Å². The van der Waals surface area contributed by atoms with Crippen LogP contribution in [-0.2, 0) is 20.7 Å². The molecule has 0 atom stereocenters. The minimum Gasteiger partial charge on any atom is -0.348 e. The van der Waals surface area contributed by atoms with E-state index in [0.717, 1.165) is 37.5 Å². The molecule has 1 N–H and O–H groups in total. The molecule has 34 heavy (non-hydrogen) atoms. The van der Waals surface area contributed by atoms with E-state index in [2.05, 4.69) is 10.4 Å². The zero-order valence-corrected chi connectivity index (χ0v) is 21.0.